The van der Waals surface area contributed by atoms with Gasteiger partial charge in [-0.1, -0.05) is 23.7 Å². The first-order valence-corrected chi connectivity index (χ1v) is 7.95. The quantitative estimate of drug-likeness (QED) is 0.846. The summed E-state index contributed by atoms with van der Waals surface area (Å²) in [6.45, 7) is 3.13. The van der Waals surface area contributed by atoms with E-state index in [-0.39, 0.29) is 24.5 Å². The van der Waals surface area contributed by atoms with Gasteiger partial charge in [-0.3, -0.25) is 4.79 Å². The van der Waals surface area contributed by atoms with Gasteiger partial charge in [0.2, 0.25) is 0 Å². The van der Waals surface area contributed by atoms with Crippen molar-refractivity contribution < 1.29 is 14.3 Å². The van der Waals surface area contributed by atoms with Gasteiger partial charge in [0.05, 0.1) is 19.1 Å². The summed E-state index contributed by atoms with van der Waals surface area (Å²) in [6, 6.07) is 7.52. The minimum absolute atomic E-state index is 0.0693. The van der Waals surface area contributed by atoms with E-state index >= 15 is 0 Å². The van der Waals surface area contributed by atoms with Gasteiger partial charge in [-0.25, -0.2) is 4.79 Å². The molecule has 6 heteroatoms. The van der Waals surface area contributed by atoms with Crippen LogP contribution in [0.2, 0.25) is 5.02 Å². The highest BCUT2D eigenvalue weighted by molar-refractivity contribution is 6.30. The van der Waals surface area contributed by atoms with E-state index in [0.717, 1.165) is 24.9 Å². The first-order chi connectivity index (χ1) is 10.6. The first-order valence-electron chi connectivity index (χ1n) is 7.57. The molecule has 1 fully saturated rings. The zero-order chi connectivity index (χ0) is 15.9. The Morgan fingerprint density at radius 2 is 2.09 bits per heavy atom. The molecule has 0 saturated carbocycles. The lowest BCUT2D eigenvalue weighted by atomic mass is 10.1. The first kappa shape index (κ1) is 16.6. The standard InChI is InChI=1S/C16H21ClN2O3/c1-2-22-15(20)9-10-18-16(21)19-11-3-4-14(19)12-5-7-13(17)8-6-12/h5-8,14H,2-4,9-11H2,1H3,(H,18,21)/t14-/m1/s1. The largest absolute Gasteiger partial charge is 0.466 e. The van der Waals surface area contributed by atoms with Crippen molar-refractivity contribution in [2.75, 3.05) is 19.7 Å². The summed E-state index contributed by atoms with van der Waals surface area (Å²) < 4.78 is 4.83. The number of carbonyl (C=O) groups excluding carboxylic acids is 2. The maximum atomic E-state index is 12.3. The minimum Gasteiger partial charge on any atom is -0.466 e. The summed E-state index contributed by atoms with van der Waals surface area (Å²) >= 11 is 5.90. The van der Waals surface area contributed by atoms with Gasteiger partial charge in [0, 0.05) is 18.1 Å². The number of nitrogens with zero attached hydrogens (tertiary/aromatic N) is 1. The van der Waals surface area contributed by atoms with Crippen LogP contribution in [0.4, 0.5) is 4.79 Å². The Labute approximate surface area is 135 Å². The Morgan fingerprint density at radius 3 is 2.77 bits per heavy atom. The number of esters is 1. The SMILES string of the molecule is CCOC(=O)CCNC(=O)N1CCC[C@@H]1c1ccc(Cl)cc1. The summed E-state index contributed by atoms with van der Waals surface area (Å²) in [5, 5.41) is 3.47. The molecule has 0 radical (unpaired) electrons. The van der Waals surface area contributed by atoms with Crippen LogP contribution in [0.25, 0.3) is 0 Å². The third kappa shape index (κ3) is 4.37. The number of hydrogen-bond acceptors (Lipinski definition) is 3. The predicted octanol–water partition coefficient (Wildman–Crippen LogP) is 3.14. The molecule has 1 aliphatic rings. The van der Waals surface area contributed by atoms with Crippen LogP contribution in [0.15, 0.2) is 24.3 Å². The Bertz CT molecular complexity index is 519. The fraction of sp³-hybridized carbons (Fsp3) is 0.500. The summed E-state index contributed by atoms with van der Waals surface area (Å²) in [4.78, 5) is 25.3. The molecule has 1 heterocycles. The van der Waals surface area contributed by atoms with Gasteiger partial charge in [0.15, 0.2) is 0 Å². The normalized spacial score (nSPS) is 17.4. The van der Waals surface area contributed by atoms with Crippen LogP contribution in [0.5, 0.6) is 0 Å². The third-order valence-electron chi connectivity index (χ3n) is 3.68. The monoisotopic (exact) mass is 324 g/mol. The molecule has 120 valence electrons. The van der Waals surface area contributed by atoms with Crippen molar-refractivity contribution >= 4 is 23.6 Å². The van der Waals surface area contributed by atoms with Gasteiger partial charge < -0.3 is 15.0 Å². The number of benzene rings is 1. The van der Waals surface area contributed by atoms with Crippen LogP contribution >= 0.6 is 11.6 Å². The Morgan fingerprint density at radius 1 is 1.36 bits per heavy atom. The molecule has 1 N–H and O–H groups in total. The van der Waals surface area contributed by atoms with Gasteiger partial charge >= 0.3 is 12.0 Å². The highest BCUT2D eigenvalue weighted by Crippen LogP contribution is 2.32. The summed E-state index contributed by atoms with van der Waals surface area (Å²) in [6.07, 6.45) is 2.10. The van der Waals surface area contributed by atoms with E-state index in [0.29, 0.717) is 18.2 Å². The van der Waals surface area contributed by atoms with Crippen LogP contribution < -0.4 is 5.32 Å². The molecule has 2 amide bonds. The molecule has 0 spiro atoms. The van der Waals surface area contributed by atoms with Crippen molar-refractivity contribution in [3.63, 3.8) is 0 Å². The minimum atomic E-state index is -0.293. The maximum Gasteiger partial charge on any atom is 0.317 e. The zero-order valence-corrected chi connectivity index (χ0v) is 13.4. The topological polar surface area (TPSA) is 58.6 Å². The van der Waals surface area contributed by atoms with E-state index in [1.54, 1.807) is 6.92 Å². The number of likely N-dealkylation sites (tertiary alicyclic amines) is 1. The zero-order valence-electron chi connectivity index (χ0n) is 12.7. The number of amides is 2. The molecule has 1 aliphatic heterocycles. The molecular formula is C16H21ClN2O3. The molecule has 1 aromatic carbocycles. The number of halogens is 1. The molecule has 5 nitrogen and oxygen atoms in total. The highest BCUT2D eigenvalue weighted by Gasteiger charge is 2.29. The molecule has 1 atom stereocenters. The molecule has 22 heavy (non-hydrogen) atoms. The number of carbonyl (C=O) groups is 2. The van der Waals surface area contributed by atoms with E-state index in [1.165, 1.54) is 0 Å². The molecule has 0 unspecified atom stereocenters. The Kier molecular flexibility index (Phi) is 6.07. The number of ether oxygens (including phenoxy) is 1. The van der Waals surface area contributed by atoms with Gasteiger partial charge in [-0.2, -0.15) is 0 Å². The Hall–Kier alpha value is -1.75. The van der Waals surface area contributed by atoms with Crippen molar-refractivity contribution in [1.82, 2.24) is 10.2 Å². The van der Waals surface area contributed by atoms with Crippen LogP contribution in [0.1, 0.15) is 37.8 Å². The van der Waals surface area contributed by atoms with Crippen molar-refractivity contribution in [1.29, 1.82) is 0 Å². The van der Waals surface area contributed by atoms with E-state index in [9.17, 15) is 9.59 Å². The highest BCUT2D eigenvalue weighted by atomic mass is 35.5. The van der Waals surface area contributed by atoms with Crippen LogP contribution in [0.3, 0.4) is 0 Å². The number of urea groups is 1. The van der Waals surface area contributed by atoms with Gasteiger partial charge in [-0.05, 0) is 37.5 Å². The fourth-order valence-corrected chi connectivity index (χ4v) is 2.77. The number of rotatable bonds is 5. The second-order valence-electron chi connectivity index (χ2n) is 5.19. The predicted molar refractivity (Wildman–Crippen MR) is 84.8 cm³/mol. The van der Waals surface area contributed by atoms with Crippen molar-refractivity contribution in [2.45, 2.75) is 32.2 Å². The molecule has 0 aliphatic carbocycles. The molecular weight excluding hydrogens is 304 g/mol. The average molecular weight is 325 g/mol. The molecule has 1 aromatic rings. The van der Waals surface area contributed by atoms with E-state index in [4.69, 9.17) is 16.3 Å². The van der Waals surface area contributed by atoms with Crippen LogP contribution in [0, 0.1) is 0 Å². The fourth-order valence-electron chi connectivity index (χ4n) is 2.65. The second-order valence-corrected chi connectivity index (χ2v) is 5.63. The van der Waals surface area contributed by atoms with E-state index in [1.807, 2.05) is 29.2 Å². The van der Waals surface area contributed by atoms with Gasteiger partial charge in [-0.15, -0.1) is 0 Å². The summed E-state index contributed by atoms with van der Waals surface area (Å²) in [5.41, 5.74) is 1.09. The number of hydrogen-bond donors (Lipinski definition) is 1. The lowest BCUT2D eigenvalue weighted by Crippen LogP contribution is -2.40. The van der Waals surface area contributed by atoms with Crippen molar-refractivity contribution in [3.8, 4) is 0 Å². The summed E-state index contributed by atoms with van der Waals surface area (Å²) in [5.74, 6) is -0.293. The summed E-state index contributed by atoms with van der Waals surface area (Å²) in [7, 11) is 0. The maximum absolute atomic E-state index is 12.3. The van der Waals surface area contributed by atoms with Gasteiger partial charge in [0.1, 0.15) is 0 Å². The lowest BCUT2D eigenvalue weighted by molar-refractivity contribution is -0.142. The smallest absolute Gasteiger partial charge is 0.317 e. The molecule has 1 saturated heterocycles. The van der Waals surface area contributed by atoms with Crippen molar-refractivity contribution in [2.24, 2.45) is 0 Å². The van der Waals surface area contributed by atoms with Crippen LogP contribution in [-0.4, -0.2) is 36.6 Å². The van der Waals surface area contributed by atoms with Crippen LogP contribution in [-0.2, 0) is 9.53 Å². The van der Waals surface area contributed by atoms with Crippen molar-refractivity contribution in [3.05, 3.63) is 34.9 Å². The van der Waals surface area contributed by atoms with E-state index in [2.05, 4.69) is 5.32 Å². The molecule has 0 bridgehead atoms. The van der Waals surface area contributed by atoms with E-state index < -0.39 is 0 Å². The second kappa shape index (κ2) is 8.03. The lowest BCUT2D eigenvalue weighted by Gasteiger charge is -2.25. The molecule has 2 rings (SSSR count). The van der Waals surface area contributed by atoms with Gasteiger partial charge in [0.25, 0.3) is 0 Å². The number of nitrogens with one attached hydrogen (secondary N) is 1. The Balaban J connectivity index is 1.88. The molecule has 0 aromatic heterocycles. The third-order valence-corrected chi connectivity index (χ3v) is 3.93. The average Bonchev–Trinajstić information content (AvgIpc) is 2.97.